The standard InChI is InChI=1S/C17H24N2O6/c1-10(18)15(22)24-12-7-5-11(6-8-12)9-13(14(20)21)19-16(23)25-17(2,3)4/h5-8,10,13H,9,18H2,1-4H3,(H,19,23)(H,20,21). The van der Waals surface area contributed by atoms with E-state index in [0.717, 1.165) is 0 Å². The molecule has 0 aliphatic rings. The quantitative estimate of drug-likeness (QED) is 0.522. The van der Waals surface area contributed by atoms with Crippen LogP contribution in [0.1, 0.15) is 33.3 Å². The fourth-order valence-electron chi connectivity index (χ4n) is 1.79. The molecule has 0 aromatic heterocycles. The van der Waals surface area contributed by atoms with Crippen LogP contribution in [0.4, 0.5) is 4.79 Å². The van der Waals surface area contributed by atoms with Gasteiger partial charge in [-0.05, 0) is 45.4 Å². The third-order valence-electron chi connectivity index (χ3n) is 2.94. The molecule has 0 spiro atoms. The van der Waals surface area contributed by atoms with Gasteiger partial charge >= 0.3 is 18.0 Å². The number of amides is 1. The summed E-state index contributed by atoms with van der Waals surface area (Å²) in [6.45, 7) is 6.57. The number of nitrogens with one attached hydrogen (secondary N) is 1. The second-order valence-corrected chi connectivity index (χ2v) is 6.59. The fraction of sp³-hybridized carbons (Fsp3) is 0.471. The van der Waals surface area contributed by atoms with Gasteiger partial charge in [0.25, 0.3) is 0 Å². The molecule has 0 aliphatic heterocycles. The van der Waals surface area contributed by atoms with Crippen molar-refractivity contribution in [1.29, 1.82) is 0 Å². The van der Waals surface area contributed by atoms with Crippen LogP contribution in [0, 0.1) is 0 Å². The number of benzene rings is 1. The number of hydrogen-bond acceptors (Lipinski definition) is 6. The third kappa shape index (κ3) is 7.67. The Morgan fingerprint density at radius 1 is 1.20 bits per heavy atom. The van der Waals surface area contributed by atoms with E-state index < -0.39 is 35.7 Å². The number of carbonyl (C=O) groups excluding carboxylic acids is 2. The van der Waals surface area contributed by atoms with E-state index in [1.54, 1.807) is 32.9 Å². The first kappa shape index (κ1) is 20.4. The van der Waals surface area contributed by atoms with Crippen molar-refractivity contribution in [2.75, 3.05) is 0 Å². The van der Waals surface area contributed by atoms with E-state index in [9.17, 15) is 19.5 Å². The van der Waals surface area contributed by atoms with Gasteiger partial charge in [0.1, 0.15) is 23.4 Å². The van der Waals surface area contributed by atoms with Crippen molar-refractivity contribution in [3.63, 3.8) is 0 Å². The van der Waals surface area contributed by atoms with Crippen LogP contribution in [0.15, 0.2) is 24.3 Å². The number of ether oxygens (including phenoxy) is 2. The molecule has 8 heteroatoms. The molecule has 0 heterocycles. The number of carboxylic acids is 1. The van der Waals surface area contributed by atoms with Crippen LogP contribution in [0.3, 0.4) is 0 Å². The topological polar surface area (TPSA) is 128 Å². The molecule has 25 heavy (non-hydrogen) atoms. The lowest BCUT2D eigenvalue weighted by molar-refractivity contribution is -0.139. The number of alkyl carbamates (subject to hydrolysis) is 1. The molecule has 0 saturated heterocycles. The molecule has 1 amide bonds. The lowest BCUT2D eigenvalue weighted by atomic mass is 10.1. The smallest absolute Gasteiger partial charge is 0.408 e. The summed E-state index contributed by atoms with van der Waals surface area (Å²) < 4.78 is 10.1. The van der Waals surface area contributed by atoms with Gasteiger partial charge in [0, 0.05) is 6.42 Å². The van der Waals surface area contributed by atoms with E-state index in [2.05, 4.69) is 5.32 Å². The highest BCUT2D eigenvalue weighted by Gasteiger charge is 2.24. The first-order valence-electron chi connectivity index (χ1n) is 7.76. The summed E-state index contributed by atoms with van der Waals surface area (Å²) in [5.41, 5.74) is 5.33. The second kappa shape index (κ2) is 8.48. The maximum absolute atomic E-state index is 11.7. The minimum Gasteiger partial charge on any atom is -0.480 e. The number of rotatable bonds is 6. The Balaban J connectivity index is 2.71. The lowest BCUT2D eigenvalue weighted by Gasteiger charge is -2.22. The highest BCUT2D eigenvalue weighted by molar-refractivity contribution is 5.80. The molecule has 1 rings (SSSR count). The van der Waals surface area contributed by atoms with Crippen LogP contribution in [0.25, 0.3) is 0 Å². The molecule has 4 N–H and O–H groups in total. The zero-order valence-corrected chi connectivity index (χ0v) is 14.7. The predicted molar refractivity (Wildman–Crippen MR) is 90.2 cm³/mol. The molecular weight excluding hydrogens is 328 g/mol. The lowest BCUT2D eigenvalue weighted by Crippen LogP contribution is -2.44. The maximum Gasteiger partial charge on any atom is 0.408 e. The number of carboxylic acid groups (broad SMARTS) is 1. The van der Waals surface area contributed by atoms with E-state index in [1.807, 2.05) is 0 Å². The summed E-state index contributed by atoms with van der Waals surface area (Å²) in [6.07, 6.45) is -0.752. The fourth-order valence-corrected chi connectivity index (χ4v) is 1.79. The van der Waals surface area contributed by atoms with E-state index in [4.69, 9.17) is 15.2 Å². The van der Waals surface area contributed by atoms with Gasteiger partial charge in [-0.15, -0.1) is 0 Å². The normalized spacial score (nSPS) is 13.5. The van der Waals surface area contributed by atoms with Gasteiger partial charge in [0.05, 0.1) is 0 Å². The van der Waals surface area contributed by atoms with Crippen molar-refractivity contribution in [1.82, 2.24) is 5.32 Å². The molecule has 1 aromatic carbocycles. The van der Waals surface area contributed by atoms with Gasteiger partial charge in [-0.3, -0.25) is 0 Å². The van der Waals surface area contributed by atoms with Crippen LogP contribution >= 0.6 is 0 Å². The van der Waals surface area contributed by atoms with Crippen LogP contribution < -0.4 is 15.8 Å². The highest BCUT2D eigenvalue weighted by Crippen LogP contribution is 2.15. The van der Waals surface area contributed by atoms with E-state index in [1.165, 1.54) is 19.1 Å². The Bertz CT molecular complexity index is 619. The van der Waals surface area contributed by atoms with Gasteiger partial charge in [-0.25, -0.2) is 14.4 Å². The number of esters is 1. The molecule has 0 fully saturated rings. The highest BCUT2D eigenvalue weighted by atomic mass is 16.6. The maximum atomic E-state index is 11.7. The molecule has 0 aliphatic carbocycles. The van der Waals surface area contributed by atoms with Crippen molar-refractivity contribution in [2.24, 2.45) is 5.73 Å². The Kier molecular flexibility index (Phi) is 6.93. The summed E-state index contributed by atoms with van der Waals surface area (Å²) in [6, 6.07) is 4.39. The monoisotopic (exact) mass is 352 g/mol. The van der Waals surface area contributed by atoms with Gasteiger partial charge in [-0.2, -0.15) is 0 Å². The molecule has 2 atom stereocenters. The summed E-state index contributed by atoms with van der Waals surface area (Å²) in [4.78, 5) is 34.5. The Labute approximate surface area is 146 Å². The minimum absolute atomic E-state index is 0.0517. The minimum atomic E-state index is -1.18. The van der Waals surface area contributed by atoms with Crippen molar-refractivity contribution in [3.8, 4) is 5.75 Å². The number of hydrogen-bond donors (Lipinski definition) is 3. The van der Waals surface area contributed by atoms with Crippen molar-refractivity contribution in [3.05, 3.63) is 29.8 Å². The molecule has 2 unspecified atom stereocenters. The Hall–Kier alpha value is -2.61. The second-order valence-electron chi connectivity index (χ2n) is 6.59. The van der Waals surface area contributed by atoms with Gasteiger partial charge in [-0.1, -0.05) is 12.1 Å². The van der Waals surface area contributed by atoms with E-state index in [0.29, 0.717) is 11.3 Å². The SMILES string of the molecule is CC(N)C(=O)Oc1ccc(CC(NC(=O)OC(C)(C)C)C(=O)O)cc1. The van der Waals surface area contributed by atoms with Crippen molar-refractivity contribution < 1.29 is 29.0 Å². The molecule has 0 saturated carbocycles. The average molecular weight is 352 g/mol. The molecule has 138 valence electrons. The zero-order valence-electron chi connectivity index (χ0n) is 14.7. The molecule has 0 radical (unpaired) electrons. The molecular formula is C17H24N2O6. The predicted octanol–water partition coefficient (Wildman–Crippen LogP) is 1.46. The number of aliphatic carboxylic acids is 1. The van der Waals surface area contributed by atoms with Crippen LogP contribution in [-0.4, -0.2) is 40.8 Å². The summed E-state index contributed by atoms with van der Waals surface area (Å²) in [7, 11) is 0. The molecule has 0 bridgehead atoms. The van der Waals surface area contributed by atoms with Crippen molar-refractivity contribution in [2.45, 2.75) is 51.8 Å². The first-order chi connectivity index (χ1) is 11.5. The summed E-state index contributed by atoms with van der Waals surface area (Å²) in [5.74, 6) is -1.45. The Morgan fingerprint density at radius 2 is 1.76 bits per heavy atom. The van der Waals surface area contributed by atoms with E-state index >= 15 is 0 Å². The summed E-state index contributed by atoms with van der Waals surface area (Å²) in [5, 5.41) is 11.6. The average Bonchev–Trinajstić information content (AvgIpc) is 2.46. The zero-order chi connectivity index (χ0) is 19.2. The largest absolute Gasteiger partial charge is 0.480 e. The van der Waals surface area contributed by atoms with Crippen LogP contribution in [0.5, 0.6) is 5.75 Å². The first-order valence-corrected chi connectivity index (χ1v) is 7.76. The Morgan fingerprint density at radius 3 is 2.20 bits per heavy atom. The summed E-state index contributed by atoms with van der Waals surface area (Å²) >= 11 is 0. The molecule has 8 nitrogen and oxygen atoms in total. The van der Waals surface area contributed by atoms with Crippen LogP contribution in [-0.2, 0) is 20.7 Å². The van der Waals surface area contributed by atoms with Crippen molar-refractivity contribution >= 4 is 18.0 Å². The van der Waals surface area contributed by atoms with Gasteiger partial charge in [0.15, 0.2) is 0 Å². The molecule has 1 aromatic rings. The van der Waals surface area contributed by atoms with Gasteiger partial charge in [0.2, 0.25) is 0 Å². The number of nitrogens with two attached hydrogens (primary N) is 1. The van der Waals surface area contributed by atoms with Crippen LogP contribution in [0.2, 0.25) is 0 Å². The number of carbonyl (C=O) groups is 3. The van der Waals surface area contributed by atoms with E-state index in [-0.39, 0.29) is 6.42 Å². The van der Waals surface area contributed by atoms with Gasteiger partial charge < -0.3 is 25.6 Å². The third-order valence-corrected chi connectivity index (χ3v) is 2.94.